The van der Waals surface area contributed by atoms with Crippen LogP contribution in [-0.4, -0.2) is 5.54 Å². The molecule has 1 heteroatoms. The molecule has 1 aromatic rings. The van der Waals surface area contributed by atoms with Gasteiger partial charge in [-0.3, -0.25) is 5.32 Å². The van der Waals surface area contributed by atoms with E-state index in [0.29, 0.717) is 0 Å². The zero-order valence-electron chi connectivity index (χ0n) is 10.9. The second-order valence-corrected chi connectivity index (χ2v) is 4.98. The van der Waals surface area contributed by atoms with Crippen molar-refractivity contribution in [2.75, 3.05) is 0 Å². The van der Waals surface area contributed by atoms with E-state index in [1.165, 1.54) is 16.7 Å². The number of aryl methyl sites for hydroxylation is 2. The summed E-state index contributed by atoms with van der Waals surface area (Å²) in [7, 11) is 0. The normalized spacial score (nSPS) is 13.2. The van der Waals surface area contributed by atoms with E-state index in [2.05, 4.69) is 50.2 Å². The number of benzene rings is 1. The van der Waals surface area contributed by atoms with E-state index in [0.717, 1.165) is 0 Å². The monoisotopic (exact) mass is 215 g/mol. The van der Waals surface area contributed by atoms with Crippen LogP contribution in [0.4, 0.5) is 0 Å². The summed E-state index contributed by atoms with van der Waals surface area (Å²) in [5.74, 6) is 2.76. The largest absolute Gasteiger partial charge is 0.295 e. The minimum Gasteiger partial charge on any atom is -0.295 e. The molecule has 0 aromatic heterocycles. The van der Waals surface area contributed by atoms with E-state index < -0.39 is 0 Å². The molecule has 0 aliphatic rings. The van der Waals surface area contributed by atoms with E-state index in [9.17, 15) is 0 Å². The molecule has 1 atom stereocenters. The SMILES string of the molecule is C#CC(C)(C)NC(C)c1ccc(C)c(C)c1. The van der Waals surface area contributed by atoms with E-state index >= 15 is 0 Å². The highest BCUT2D eigenvalue weighted by Gasteiger charge is 2.17. The quantitative estimate of drug-likeness (QED) is 0.762. The molecular weight excluding hydrogens is 194 g/mol. The molecule has 1 aromatic carbocycles. The predicted molar refractivity (Wildman–Crippen MR) is 70.4 cm³/mol. The Hall–Kier alpha value is -1.26. The summed E-state index contributed by atoms with van der Waals surface area (Å²) in [5.41, 5.74) is 3.67. The third kappa shape index (κ3) is 3.12. The van der Waals surface area contributed by atoms with Crippen molar-refractivity contribution in [1.29, 1.82) is 0 Å². The number of nitrogens with one attached hydrogen (secondary N) is 1. The molecule has 86 valence electrons. The predicted octanol–water partition coefficient (Wildman–Crippen LogP) is 3.37. The van der Waals surface area contributed by atoms with Crippen molar-refractivity contribution >= 4 is 0 Å². The second-order valence-electron chi connectivity index (χ2n) is 4.98. The number of hydrogen-bond donors (Lipinski definition) is 1. The van der Waals surface area contributed by atoms with Gasteiger partial charge >= 0.3 is 0 Å². The van der Waals surface area contributed by atoms with Gasteiger partial charge in [0, 0.05) is 6.04 Å². The summed E-state index contributed by atoms with van der Waals surface area (Å²) in [6, 6.07) is 6.81. The Bertz CT molecular complexity index is 410. The maximum atomic E-state index is 5.47. The number of hydrogen-bond acceptors (Lipinski definition) is 1. The first-order valence-electron chi connectivity index (χ1n) is 5.68. The molecule has 1 rings (SSSR count). The van der Waals surface area contributed by atoms with Crippen LogP contribution in [0.5, 0.6) is 0 Å². The highest BCUT2D eigenvalue weighted by atomic mass is 15.0. The van der Waals surface area contributed by atoms with Crippen molar-refractivity contribution in [3.63, 3.8) is 0 Å². The Morgan fingerprint density at radius 1 is 1.25 bits per heavy atom. The summed E-state index contributed by atoms with van der Waals surface area (Å²) in [4.78, 5) is 0. The molecule has 0 saturated carbocycles. The van der Waals surface area contributed by atoms with Crippen LogP contribution in [0.1, 0.15) is 43.5 Å². The van der Waals surface area contributed by atoms with Crippen LogP contribution in [-0.2, 0) is 0 Å². The molecule has 16 heavy (non-hydrogen) atoms. The van der Waals surface area contributed by atoms with Crippen LogP contribution < -0.4 is 5.32 Å². The van der Waals surface area contributed by atoms with E-state index in [4.69, 9.17) is 6.42 Å². The van der Waals surface area contributed by atoms with Gasteiger partial charge in [0.2, 0.25) is 0 Å². The molecule has 0 radical (unpaired) electrons. The fraction of sp³-hybridized carbons (Fsp3) is 0.467. The summed E-state index contributed by atoms with van der Waals surface area (Å²) < 4.78 is 0. The van der Waals surface area contributed by atoms with Crippen molar-refractivity contribution in [1.82, 2.24) is 5.32 Å². The Kier molecular flexibility index (Phi) is 3.78. The Balaban J connectivity index is 2.86. The summed E-state index contributed by atoms with van der Waals surface area (Å²) >= 11 is 0. The average molecular weight is 215 g/mol. The minimum absolute atomic E-state index is 0.266. The lowest BCUT2D eigenvalue weighted by atomic mass is 9.99. The summed E-state index contributed by atoms with van der Waals surface area (Å²) in [5, 5.41) is 3.43. The third-order valence-electron chi connectivity index (χ3n) is 2.97. The minimum atomic E-state index is -0.266. The number of rotatable bonds is 3. The third-order valence-corrected chi connectivity index (χ3v) is 2.97. The molecule has 0 aliphatic carbocycles. The second kappa shape index (κ2) is 4.72. The lowest BCUT2D eigenvalue weighted by molar-refractivity contribution is 0.431. The molecule has 1 nitrogen and oxygen atoms in total. The molecule has 0 saturated heterocycles. The lowest BCUT2D eigenvalue weighted by Gasteiger charge is -2.25. The van der Waals surface area contributed by atoms with E-state index in [1.807, 2.05) is 13.8 Å². The fourth-order valence-electron chi connectivity index (χ4n) is 1.70. The highest BCUT2D eigenvalue weighted by Crippen LogP contribution is 2.19. The topological polar surface area (TPSA) is 12.0 Å². The van der Waals surface area contributed by atoms with Gasteiger partial charge in [-0.2, -0.15) is 0 Å². The van der Waals surface area contributed by atoms with Gasteiger partial charge in [-0.1, -0.05) is 24.1 Å². The van der Waals surface area contributed by atoms with Crippen LogP contribution in [0.15, 0.2) is 18.2 Å². The molecule has 0 fully saturated rings. The van der Waals surface area contributed by atoms with Gasteiger partial charge in [0.25, 0.3) is 0 Å². The lowest BCUT2D eigenvalue weighted by Crippen LogP contribution is -2.39. The number of terminal acetylenes is 1. The van der Waals surface area contributed by atoms with Gasteiger partial charge in [-0.15, -0.1) is 6.42 Å². The fourth-order valence-corrected chi connectivity index (χ4v) is 1.70. The van der Waals surface area contributed by atoms with Gasteiger partial charge in [0.1, 0.15) is 0 Å². The highest BCUT2D eigenvalue weighted by molar-refractivity contribution is 5.31. The molecule has 1 unspecified atom stereocenters. The van der Waals surface area contributed by atoms with Crippen LogP contribution >= 0.6 is 0 Å². The Morgan fingerprint density at radius 2 is 1.88 bits per heavy atom. The Morgan fingerprint density at radius 3 is 2.38 bits per heavy atom. The molecule has 0 aliphatic heterocycles. The van der Waals surface area contributed by atoms with Crippen LogP contribution in [0.25, 0.3) is 0 Å². The van der Waals surface area contributed by atoms with Gasteiger partial charge in [-0.25, -0.2) is 0 Å². The van der Waals surface area contributed by atoms with Crippen molar-refractivity contribution < 1.29 is 0 Å². The first kappa shape index (κ1) is 12.8. The maximum absolute atomic E-state index is 5.47. The smallest absolute Gasteiger partial charge is 0.0745 e. The maximum Gasteiger partial charge on any atom is 0.0745 e. The molecule has 1 N–H and O–H groups in total. The van der Waals surface area contributed by atoms with Crippen molar-refractivity contribution in [2.24, 2.45) is 0 Å². The van der Waals surface area contributed by atoms with Gasteiger partial charge in [0.15, 0.2) is 0 Å². The first-order valence-corrected chi connectivity index (χ1v) is 5.68. The molecule has 0 bridgehead atoms. The average Bonchev–Trinajstić information content (AvgIpc) is 2.21. The molecular formula is C15H21N. The molecule has 0 heterocycles. The van der Waals surface area contributed by atoms with Gasteiger partial charge in [0.05, 0.1) is 5.54 Å². The van der Waals surface area contributed by atoms with Gasteiger partial charge in [-0.05, 0) is 51.3 Å². The Labute approximate surface area is 99.3 Å². The van der Waals surface area contributed by atoms with Crippen LogP contribution in [0.3, 0.4) is 0 Å². The standard InChI is InChI=1S/C15H21N/c1-7-15(5,6)16-13(4)14-9-8-11(2)12(3)10-14/h1,8-10,13,16H,2-6H3. The zero-order valence-corrected chi connectivity index (χ0v) is 10.9. The van der Waals surface area contributed by atoms with Crippen molar-refractivity contribution in [2.45, 2.75) is 46.2 Å². The van der Waals surface area contributed by atoms with E-state index in [1.54, 1.807) is 0 Å². The first-order chi connectivity index (χ1) is 7.35. The molecule has 0 amide bonds. The summed E-state index contributed by atoms with van der Waals surface area (Å²) in [6.07, 6.45) is 5.47. The van der Waals surface area contributed by atoms with Gasteiger partial charge < -0.3 is 0 Å². The van der Waals surface area contributed by atoms with Crippen LogP contribution in [0, 0.1) is 26.2 Å². The van der Waals surface area contributed by atoms with Crippen molar-refractivity contribution in [3.8, 4) is 12.3 Å². The summed E-state index contributed by atoms with van der Waals surface area (Å²) in [6.45, 7) is 10.4. The zero-order chi connectivity index (χ0) is 12.3. The molecule has 0 spiro atoms. The van der Waals surface area contributed by atoms with Crippen molar-refractivity contribution in [3.05, 3.63) is 34.9 Å². The van der Waals surface area contributed by atoms with Crippen LogP contribution in [0.2, 0.25) is 0 Å². The van der Waals surface area contributed by atoms with E-state index in [-0.39, 0.29) is 11.6 Å².